The van der Waals surface area contributed by atoms with Crippen LogP contribution in [0.1, 0.15) is 20.8 Å². The lowest BCUT2D eigenvalue weighted by molar-refractivity contribution is 0.775. The zero-order chi connectivity index (χ0) is 10.2. The van der Waals surface area contributed by atoms with Crippen LogP contribution in [-0.2, 0) is 0 Å². The van der Waals surface area contributed by atoms with Gasteiger partial charge in [-0.05, 0) is 20.8 Å². The van der Waals surface area contributed by atoms with E-state index in [9.17, 15) is 0 Å². The van der Waals surface area contributed by atoms with Crippen LogP contribution < -0.4 is 9.44 Å². The van der Waals surface area contributed by atoms with Crippen LogP contribution >= 0.6 is 36.5 Å². The van der Waals surface area contributed by atoms with Gasteiger partial charge >= 0.3 is 0 Å². The third kappa shape index (κ3) is 13.0. The highest BCUT2D eigenvalue weighted by molar-refractivity contribution is 8.13. The van der Waals surface area contributed by atoms with E-state index in [1.807, 2.05) is 0 Å². The van der Waals surface area contributed by atoms with Gasteiger partial charge in [0.25, 0.3) is 0 Å². The number of nitrogens with one attached hydrogen (secondary N) is 2. The summed E-state index contributed by atoms with van der Waals surface area (Å²) in [6, 6.07) is 0. The van der Waals surface area contributed by atoms with E-state index in [4.69, 9.17) is 0 Å². The van der Waals surface area contributed by atoms with E-state index in [2.05, 4.69) is 42.8 Å². The topological polar surface area (TPSA) is 24.1 Å². The first kappa shape index (κ1) is 14.0. The Hall–Kier alpha value is 0.970. The Bertz CT molecular complexity index is 114. The third-order valence-electron chi connectivity index (χ3n) is 1.08. The van der Waals surface area contributed by atoms with Gasteiger partial charge in [0, 0.05) is 29.3 Å². The third-order valence-corrected chi connectivity index (χ3v) is 3.13. The molecule has 0 spiro atoms. The molecule has 0 amide bonds. The van der Waals surface area contributed by atoms with E-state index in [0.717, 1.165) is 24.6 Å². The van der Waals surface area contributed by atoms with Crippen LogP contribution in [0.2, 0.25) is 0 Å². The van der Waals surface area contributed by atoms with Crippen molar-refractivity contribution in [3.8, 4) is 0 Å². The number of hydrogen-bond acceptors (Lipinski definition) is 5. The highest BCUT2D eigenvalue weighted by atomic mass is 32.2. The number of thiol groups is 1. The minimum Gasteiger partial charge on any atom is -0.315 e. The lowest BCUT2D eigenvalue weighted by Gasteiger charge is -2.16. The predicted octanol–water partition coefficient (Wildman–Crippen LogP) is 2.19. The van der Waals surface area contributed by atoms with Crippen molar-refractivity contribution in [3.05, 3.63) is 0 Å². The van der Waals surface area contributed by atoms with Crippen molar-refractivity contribution in [2.24, 2.45) is 0 Å². The minimum absolute atomic E-state index is 0.297. The van der Waals surface area contributed by atoms with Gasteiger partial charge in [0.05, 0.1) is 0 Å². The molecule has 0 aromatic carbocycles. The normalized spacial score (nSPS) is 12.0. The van der Waals surface area contributed by atoms with Crippen LogP contribution in [0.25, 0.3) is 0 Å². The van der Waals surface area contributed by atoms with Gasteiger partial charge in [0.2, 0.25) is 0 Å². The zero-order valence-electron chi connectivity index (χ0n) is 8.59. The quantitative estimate of drug-likeness (QED) is 0.361. The lowest BCUT2D eigenvalue weighted by atomic mass is 10.3. The van der Waals surface area contributed by atoms with E-state index in [-0.39, 0.29) is 0 Å². The summed E-state index contributed by atoms with van der Waals surface area (Å²) in [5, 5.41) is 3.29. The smallest absolute Gasteiger partial charge is 0.0228 e. The first-order valence-corrected chi connectivity index (χ1v) is 6.86. The molecular formula is C8H20N2S3. The minimum atomic E-state index is 0.297. The molecule has 0 aromatic rings. The van der Waals surface area contributed by atoms with Crippen molar-refractivity contribution in [1.29, 1.82) is 0 Å². The molecule has 2 nitrogen and oxygen atoms in total. The molecule has 0 aliphatic rings. The summed E-state index contributed by atoms with van der Waals surface area (Å²) < 4.78 is 3.57. The Balaban J connectivity index is 3.00. The molecule has 0 aromatic heterocycles. The summed E-state index contributed by atoms with van der Waals surface area (Å²) in [4.78, 5) is 0. The highest BCUT2D eigenvalue weighted by Crippen LogP contribution is 2.21. The maximum atomic E-state index is 4.11. The maximum Gasteiger partial charge on any atom is 0.0228 e. The van der Waals surface area contributed by atoms with Gasteiger partial charge in [0.1, 0.15) is 0 Å². The average Bonchev–Trinajstić information content (AvgIpc) is 2.01. The fourth-order valence-electron chi connectivity index (χ4n) is 0.523. The van der Waals surface area contributed by atoms with Gasteiger partial charge < -0.3 is 5.32 Å². The second-order valence-electron chi connectivity index (χ2n) is 3.62. The zero-order valence-corrected chi connectivity index (χ0v) is 11.1. The van der Waals surface area contributed by atoms with Crippen molar-refractivity contribution >= 4 is 36.5 Å². The summed E-state index contributed by atoms with van der Waals surface area (Å²) in [6.07, 6.45) is 0. The standard InChI is InChI=1S/C8H20N2S3/c1-8(2,3)13-10-12-7-5-9-4-6-11/h9-11H,4-7H2,1-3H3. The predicted molar refractivity (Wildman–Crippen MR) is 69.7 cm³/mol. The van der Waals surface area contributed by atoms with Gasteiger partial charge in [-0.15, -0.1) is 0 Å². The molecule has 0 fully saturated rings. The van der Waals surface area contributed by atoms with Gasteiger partial charge in [-0.3, -0.25) is 0 Å². The molecule has 0 atom stereocenters. The van der Waals surface area contributed by atoms with E-state index in [1.54, 1.807) is 23.9 Å². The molecule has 0 rings (SSSR count). The Kier molecular flexibility index (Phi) is 8.91. The van der Waals surface area contributed by atoms with Crippen molar-refractivity contribution in [1.82, 2.24) is 9.44 Å². The molecule has 0 unspecified atom stereocenters. The molecule has 0 bridgehead atoms. The van der Waals surface area contributed by atoms with Crippen molar-refractivity contribution in [3.63, 3.8) is 0 Å². The van der Waals surface area contributed by atoms with E-state index < -0.39 is 0 Å². The summed E-state index contributed by atoms with van der Waals surface area (Å²) in [6.45, 7) is 8.64. The van der Waals surface area contributed by atoms with Crippen LogP contribution in [0.15, 0.2) is 0 Å². The first-order chi connectivity index (χ1) is 6.06. The van der Waals surface area contributed by atoms with Gasteiger partial charge in [-0.2, -0.15) is 12.6 Å². The largest absolute Gasteiger partial charge is 0.315 e. The number of rotatable bonds is 7. The lowest BCUT2D eigenvalue weighted by Crippen LogP contribution is -2.20. The van der Waals surface area contributed by atoms with Crippen molar-refractivity contribution in [2.45, 2.75) is 25.5 Å². The van der Waals surface area contributed by atoms with Gasteiger partial charge in [-0.1, -0.05) is 23.9 Å². The molecular weight excluding hydrogens is 220 g/mol. The summed E-state index contributed by atoms with van der Waals surface area (Å²) in [5.41, 5.74) is 0. The summed E-state index contributed by atoms with van der Waals surface area (Å²) >= 11 is 7.64. The number of hydrogen-bond donors (Lipinski definition) is 3. The van der Waals surface area contributed by atoms with Gasteiger partial charge in [-0.25, -0.2) is 4.13 Å². The summed E-state index contributed by atoms with van der Waals surface area (Å²) in [7, 11) is 0. The molecule has 0 aliphatic carbocycles. The van der Waals surface area contributed by atoms with Crippen molar-refractivity contribution < 1.29 is 0 Å². The molecule has 0 radical (unpaired) electrons. The second-order valence-corrected chi connectivity index (χ2v) is 6.86. The summed E-state index contributed by atoms with van der Waals surface area (Å²) in [5.74, 6) is 2.01. The van der Waals surface area contributed by atoms with Crippen LogP contribution in [-0.4, -0.2) is 29.3 Å². The highest BCUT2D eigenvalue weighted by Gasteiger charge is 2.09. The van der Waals surface area contributed by atoms with Gasteiger partial charge in [0.15, 0.2) is 0 Å². The first-order valence-electron chi connectivity index (χ1n) is 4.42. The van der Waals surface area contributed by atoms with E-state index >= 15 is 0 Å². The van der Waals surface area contributed by atoms with Crippen LogP contribution in [0.4, 0.5) is 0 Å². The molecule has 2 N–H and O–H groups in total. The fourth-order valence-corrected chi connectivity index (χ4v) is 2.50. The molecule has 5 heteroatoms. The Morgan fingerprint density at radius 3 is 2.46 bits per heavy atom. The molecule has 0 aliphatic heterocycles. The van der Waals surface area contributed by atoms with Crippen LogP contribution in [0, 0.1) is 0 Å². The maximum absolute atomic E-state index is 4.11. The van der Waals surface area contributed by atoms with Crippen LogP contribution in [0.3, 0.4) is 0 Å². The van der Waals surface area contributed by atoms with Crippen molar-refractivity contribution in [2.75, 3.05) is 24.6 Å². The Labute approximate surface area is 96.1 Å². The molecule has 80 valence electrons. The average molecular weight is 240 g/mol. The fraction of sp³-hybridized carbons (Fsp3) is 1.00. The van der Waals surface area contributed by atoms with E-state index in [0.29, 0.717) is 4.75 Å². The molecule has 0 heterocycles. The molecule has 0 saturated carbocycles. The van der Waals surface area contributed by atoms with Crippen LogP contribution in [0.5, 0.6) is 0 Å². The monoisotopic (exact) mass is 240 g/mol. The van der Waals surface area contributed by atoms with E-state index in [1.165, 1.54) is 0 Å². The Morgan fingerprint density at radius 1 is 1.23 bits per heavy atom. The molecule has 13 heavy (non-hydrogen) atoms. The second kappa shape index (κ2) is 8.29. The molecule has 0 saturated heterocycles. The SMILES string of the molecule is CC(C)(C)SNSCCNCCS. The Morgan fingerprint density at radius 2 is 1.92 bits per heavy atom.